The molecular formula is C16H24N6O2. The molecule has 0 saturated carbocycles. The van der Waals surface area contributed by atoms with E-state index in [1.54, 1.807) is 17.9 Å². The molecule has 24 heavy (non-hydrogen) atoms. The lowest BCUT2D eigenvalue weighted by atomic mass is 10.2. The number of aromatic nitrogens is 4. The molecule has 3 rings (SSSR count). The van der Waals surface area contributed by atoms with Gasteiger partial charge in [0.15, 0.2) is 11.2 Å². The molecule has 1 fully saturated rings. The second-order valence-corrected chi connectivity index (χ2v) is 6.35. The van der Waals surface area contributed by atoms with E-state index in [0.717, 1.165) is 23.4 Å². The number of imidazole rings is 1. The topological polar surface area (TPSA) is 77.4 Å². The predicted octanol–water partition coefficient (Wildman–Crippen LogP) is 0.338. The molecule has 8 heteroatoms. The van der Waals surface area contributed by atoms with E-state index in [-0.39, 0.29) is 11.2 Å². The maximum absolute atomic E-state index is 12.4. The van der Waals surface area contributed by atoms with Crippen LogP contribution in [0.4, 0.5) is 0 Å². The van der Waals surface area contributed by atoms with Gasteiger partial charge in [-0.1, -0.05) is 6.42 Å². The van der Waals surface area contributed by atoms with Crippen molar-refractivity contribution in [1.82, 2.24) is 23.6 Å². The molecule has 0 aromatic carbocycles. The Morgan fingerprint density at radius 3 is 2.71 bits per heavy atom. The molecule has 1 aliphatic heterocycles. The first-order valence-corrected chi connectivity index (χ1v) is 8.36. The Kier molecular flexibility index (Phi) is 4.55. The van der Waals surface area contributed by atoms with E-state index in [1.807, 2.05) is 0 Å². The Bertz CT molecular complexity index is 888. The number of hydrogen-bond acceptors (Lipinski definition) is 4. The molecule has 8 nitrogen and oxygen atoms in total. The number of fused-ring (bicyclic) bond motifs is 1. The van der Waals surface area contributed by atoms with E-state index in [0.29, 0.717) is 24.3 Å². The third-order valence-electron chi connectivity index (χ3n) is 4.69. The molecule has 0 amide bonds. The van der Waals surface area contributed by atoms with Crippen molar-refractivity contribution >= 4 is 17.0 Å². The van der Waals surface area contributed by atoms with Crippen LogP contribution in [0.3, 0.4) is 0 Å². The standard InChI is InChI=1S/C16H24N6O2/c1-19-9-6-4-5-7-12(19)17-8-10-22-11-18-14-13(22)15(23)21(3)16(24)20(14)2/h11H,4-10H2,1-3H3. The van der Waals surface area contributed by atoms with E-state index >= 15 is 0 Å². The summed E-state index contributed by atoms with van der Waals surface area (Å²) in [5, 5.41) is 0. The average Bonchev–Trinajstić information content (AvgIpc) is 2.89. The molecule has 0 aliphatic carbocycles. The van der Waals surface area contributed by atoms with Gasteiger partial charge in [-0.3, -0.25) is 18.9 Å². The van der Waals surface area contributed by atoms with Crippen molar-refractivity contribution in [3.05, 3.63) is 27.2 Å². The largest absolute Gasteiger partial charge is 0.363 e. The Hall–Kier alpha value is -2.38. The molecule has 0 spiro atoms. The zero-order valence-electron chi connectivity index (χ0n) is 14.5. The number of rotatable bonds is 3. The Morgan fingerprint density at radius 2 is 1.92 bits per heavy atom. The number of aliphatic imine (C=N–C) groups is 1. The lowest BCUT2D eigenvalue weighted by Crippen LogP contribution is -2.37. The third-order valence-corrected chi connectivity index (χ3v) is 4.69. The number of likely N-dealkylation sites (tertiary alicyclic amines) is 1. The maximum atomic E-state index is 12.4. The molecule has 1 saturated heterocycles. The highest BCUT2D eigenvalue weighted by molar-refractivity contribution is 5.82. The summed E-state index contributed by atoms with van der Waals surface area (Å²) in [6.45, 7) is 2.22. The van der Waals surface area contributed by atoms with Crippen molar-refractivity contribution < 1.29 is 0 Å². The summed E-state index contributed by atoms with van der Waals surface area (Å²) in [5.41, 5.74) is 0.194. The van der Waals surface area contributed by atoms with E-state index in [1.165, 1.54) is 30.9 Å². The fourth-order valence-corrected chi connectivity index (χ4v) is 3.18. The smallest absolute Gasteiger partial charge is 0.332 e. The van der Waals surface area contributed by atoms with Crippen molar-refractivity contribution in [2.75, 3.05) is 20.1 Å². The minimum atomic E-state index is -0.363. The number of hydrogen-bond donors (Lipinski definition) is 0. The summed E-state index contributed by atoms with van der Waals surface area (Å²) < 4.78 is 4.31. The van der Waals surface area contributed by atoms with Crippen molar-refractivity contribution in [3.8, 4) is 0 Å². The molecule has 0 radical (unpaired) electrons. The van der Waals surface area contributed by atoms with Gasteiger partial charge in [0, 0.05) is 40.7 Å². The third kappa shape index (κ3) is 2.88. The van der Waals surface area contributed by atoms with Gasteiger partial charge in [-0.25, -0.2) is 9.78 Å². The van der Waals surface area contributed by atoms with E-state index in [2.05, 4.69) is 16.9 Å². The predicted molar refractivity (Wildman–Crippen MR) is 93.6 cm³/mol. The second kappa shape index (κ2) is 6.62. The van der Waals surface area contributed by atoms with Crippen LogP contribution in [-0.4, -0.2) is 49.6 Å². The molecular weight excluding hydrogens is 308 g/mol. The van der Waals surface area contributed by atoms with Gasteiger partial charge in [-0.15, -0.1) is 0 Å². The van der Waals surface area contributed by atoms with Gasteiger partial charge in [-0.2, -0.15) is 0 Å². The molecule has 130 valence electrons. The van der Waals surface area contributed by atoms with Crippen LogP contribution in [-0.2, 0) is 20.6 Å². The summed E-state index contributed by atoms with van der Waals surface area (Å²) in [5.74, 6) is 1.14. The zero-order chi connectivity index (χ0) is 17.3. The van der Waals surface area contributed by atoms with Crippen LogP contribution in [0.15, 0.2) is 20.9 Å². The van der Waals surface area contributed by atoms with Gasteiger partial charge in [0.2, 0.25) is 0 Å². The molecule has 1 aliphatic rings. The van der Waals surface area contributed by atoms with E-state index in [9.17, 15) is 9.59 Å². The van der Waals surface area contributed by atoms with Gasteiger partial charge < -0.3 is 9.47 Å². The van der Waals surface area contributed by atoms with Crippen LogP contribution in [0.25, 0.3) is 11.2 Å². The van der Waals surface area contributed by atoms with Gasteiger partial charge >= 0.3 is 5.69 Å². The highest BCUT2D eigenvalue weighted by atomic mass is 16.2. The molecule has 0 N–H and O–H groups in total. The lowest BCUT2D eigenvalue weighted by molar-refractivity contribution is 0.491. The first-order valence-electron chi connectivity index (χ1n) is 8.36. The first-order chi connectivity index (χ1) is 11.5. The van der Waals surface area contributed by atoms with Crippen molar-refractivity contribution in [2.45, 2.75) is 32.2 Å². The SMILES string of the molecule is CN1CCCCCC1=NCCn1cnc2c1c(=O)n(C)c(=O)n2C. The molecule has 3 heterocycles. The fourth-order valence-electron chi connectivity index (χ4n) is 3.18. The van der Waals surface area contributed by atoms with Crippen LogP contribution in [0.1, 0.15) is 25.7 Å². The summed E-state index contributed by atoms with van der Waals surface area (Å²) in [6.07, 6.45) is 6.27. The maximum Gasteiger partial charge on any atom is 0.332 e. The molecule has 0 bridgehead atoms. The average molecular weight is 332 g/mol. The van der Waals surface area contributed by atoms with Crippen LogP contribution in [0, 0.1) is 0 Å². The minimum absolute atomic E-state index is 0.315. The lowest BCUT2D eigenvalue weighted by Gasteiger charge is -2.18. The van der Waals surface area contributed by atoms with E-state index in [4.69, 9.17) is 4.99 Å². The highest BCUT2D eigenvalue weighted by Gasteiger charge is 2.14. The van der Waals surface area contributed by atoms with Crippen molar-refractivity contribution in [3.63, 3.8) is 0 Å². The van der Waals surface area contributed by atoms with Crippen molar-refractivity contribution in [1.29, 1.82) is 0 Å². The van der Waals surface area contributed by atoms with Crippen LogP contribution < -0.4 is 11.2 Å². The minimum Gasteiger partial charge on any atom is -0.363 e. The van der Waals surface area contributed by atoms with Crippen LogP contribution in [0.2, 0.25) is 0 Å². The Labute approximate surface area is 140 Å². The number of aryl methyl sites for hydroxylation is 1. The van der Waals surface area contributed by atoms with Gasteiger partial charge in [0.25, 0.3) is 5.56 Å². The van der Waals surface area contributed by atoms with Crippen LogP contribution in [0.5, 0.6) is 0 Å². The Balaban J connectivity index is 1.86. The summed E-state index contributed by atoms with van der Waals surface area (Å²) in [7, 11) is 5.20. The van der Waals surface area contributed by atoms with Crippen molar-refractivity contribution in [2.24, 2.45) is 19.1 Å². The number of amidine groups is 1. The summed E-state index contributed by atoms with van der Waals surface area (Å²) in [4.78, 5) is 35.5. The van der Waals surface area contributed by atoms with Gasteiger partial charge in [0.05, 0.1) is 18.7 Å². The highest BCUT2D eigenvalue weighted by Crippen LogP contribution is 2.11. The van der Waals surface area contributed by atoms with Gasteiger partial charge in [-0.05, 0) is 12.8 Å². The monoisotopic (exact) mass is 332 g/mol. The first kappa shape index (κ1) is 16.5. The van der Waals surface area contributed by atoms with Gasteiger partial charge in [0.1, 0.15) is 0 Å². The summed E-state index contributed by atoms with van der Waals surface area (Å²) >= 11 is 0. The van der Waals surface area contributed by atoms with Crippen LogP contribution >= 0.6 is 0 Å². The molecule has 2 aromatic heterocycles. The normalized spacial score (nSPS) is 17.6. The molecule has 2 aromatic rings. The summed E-state index contributed by atoms with van der Waals surface area (Å²) in [6, 6.07) is 0. The molecule has 0 atom stereocenters. The van der Waals surface area contributed by atoms with E-state index < -0.39 is 0 Å². The molecule has 0 unspecified atom stereocenters. The quantitative estimate of drug-likeness (QED) is 0.812. The number of nitrogens with zero attached hydrogens (tertiary/aromatic N) is 6. The fraction of sp³-hybridized carbons (Fsp3) is 0.625. The second-order valence-electron chi connectivity index (χ2n) is 6.35. The Morgan fingerprint density at radius 1 is 1.12 bits per heavy atom. The zero-order valence-corrected chi connectivity index (χ0v) is 14.5.